The van der Waals surface area contributed by atoms with Crippen LogP contribution in [0.15, 0.2) is 11.6 Å². The molecule has 0 saturated carbocycles. The largest absolute Gasteiger partial charge is 0.0925 e. The van der Waals surface area contributed by atoms with Crippen molar-refractivity contribution in [2.45, 2.75) is 32.1 Å². The quantitative estimate of drug-likeness (QED) is 0.462. The number of alkyl halides is 1. The zero-order valence-corrected chi connectivity index (χ0v) is 7.28. The molecule has 0 aromatic rings. The summed E-state index contributed by atoms with van der Waals surface area (Å²) in [5.41, 5.74) is 1.66. The number of allylic oxidation sites excluding steroid dienone is 2. The van der Waals surface area contributed by atoms with E-state index in [1.165, 1.54) is 32.1 Å². The summed E-state index contributed by atoms with van der Waals surface area (Å²) in [6, 6.07) is 0. The van der Waals surface area contributed by atoms with Crippen molar-refractivity contribution in [1.82, 2.24) is 0 Å². The van der Waals surface area contributed by atoms with Crippen LogP contribution in [-0.2, 0) is 0 Å². The Balaban J connectivity index is 2.28. The molecule has 0 aromatic carbocycles. The molecule has 0 aliphatic heterocycles. The molecule has 0 N–H and O–H groups in total. The number of rotatable bonds is 2. The van der Waals surface area contributed by atoms with Gasteiger partial charge in [-0.3, -0.25) is 0 Å². The Morgan fingerprint density at radius 3 is 2.89 bits per heavy atom. The van der Waals surface area contributed by atoms with Gasteiger partial charge < -0.3 is 0 Å². The number of halogens is 1. The summed E-state index contributed by atoms with van der Waals surface area (Å²) in [4.78, 5) is 0. The lowest BCUT2D eigenvalue weighted by Gasteiger charge is -2.10. The molecule has 0 spiro atoms. The van der Waals surface area contributed by atoms with Crippen LogP contribution in [0.3, 0.4) is 0 Å². The van der Waals surface area contributed by atoms with Crippen molar-refractivity contribution in [1.29, 1.82) is 0 Å². The zero-order valence-electron chi connectivity index (χ0n) is 5.70. The molecule has 0 aromatic heterocycles. The Labute approximate surface area is 65.5 Å². The zero-order chi connectivity index (χ0) is 6.53. The summed E-state index contributed by atoms with van der Waals surface area (Å²) in [5, 5.41) is 1.14. The Bertz CT molecular complexity index is 105. The van der Waals surface area contributed by atoms with Crippen LogP contribution in [0.4, 0.5) is 0 Å². The highest BCUT2D eigenvalue weighted by Gasteiger charge is 2.00. The molecular weight excluding hydrogens is 176 g/mol. The van der Waals surface area contributed by atoms with Crippen LogP contribution >= 0.6 is 15.9 Å². The summed E-state index contributed by atoms with van der Waals surface area (Å²) < 4.78 is 0. The van der Waals surface area contributed by atoms with Gasteiger partial charge in [-0.25, -0.2) is 0 Å². The van der Waals surface area contributed by atoms with E-state index in [-0.39, 0.29) is 0 Å². The van der Waals surface area contributed by atoms with Gasteiger partial charge in [-0.05, 0) is 32.1 Å². The normalized spacial score (nSPS) is 19.4. The van der Waals surface area contributed by atoms with Crippen LogP contribution < -0.4 is 0 Å². The Kier molecular flexibility index (Phi) is 3.34. The smallest absolute Gasteiger partial charge is 0.00685 e. The molecule has 0 nitrogen and oxygen atoms in total. The first-order valence-electron chi connectivity index (χ1n) is 3.67. The van der Waals surface area contributed by atoms with Gasteiger partial charge in [-0.1, -0.05) is 27.6 Å². The van der Waals surface area contributed by atoms with Crippen LogP contribution in [0.5, 0.6) is 0 Å². The van der Waals surface area contributed by atoms with Gasteiger partial charge >= 0.3 is 0 Å². The van der Waals surface area contributed by atoms with Crippen molar-refractivity contribution in [3.8, 4) is 0 Å². The minimum absolute atomic E-state index is 1.14. The van der Waals surface area contributed by atoms with Crippen molar-refractivity contribution in [2.75, 3.05) is 5.33 Å². The average Bonchev–Trinajstić information content (AvgIpc) is 1.91. The minimum atomic E-state index is 1.14. The fraction of sp³-hybridized carbons (Fsp3) is 0.750. The van der Waals surface area contributed by atoms with E-state index in [0.29, 0.717) is 0 Å². The molecule has 0 unspecified atom stereocenters. The molecular formula is C8H13Br. The van der Waals surface area contributed by atoms with Gasteiger partial charge in [0.2, 0.25) is 0 Å². The first kappa shape index (κ1) is 7.33. The lowest BCUT2D eigenvalue weighted by molar-refractivity contribution is 0.686. The first-order valence-corrected chi connectivity index (χ1v) is 4.79. The Morgan fingerprint density at radius 1 is 1.44 bits per heavy atom. The highest BCUT2D eigenvalue weighted by atomic mass is 79.9. The second-order valence-electron chi connectivity index (χ2n) is 2.55. The predicted molar refractivity (Wildman–Crippen MR) is 45.0 cm³/mol. The molecule has 0 amide bonds. The van der Waals surface area contributed by atoms with Gasteiger partial charge in [0.15, 0.2) is 0 Å². The third-order valence-corrected chi connectivity index (χ3v) is 2.20. The van der Waals surface area contributed by atoms with Crippen molar-refractivity contribution in [2.24, 2.45) is 0 Å². The van der Waals surface area contributed by atoms with Gasteiger partial charge in [0.1, 0.15) is 0 Å². The summed E-state index contributed by atoms with van der Waals surface area (Å²) >= 11 is 3.44. The lowest BCUT2D eigenvalue weighted by atomic mass is 9.98. The molecule has 0 radical (unpaired) electrons. The number of hydrogen-bond donors (Lipinski definition) is 0. The molecule has 1 heteroatoms. The average molecular weight is 189 g/mol. The van der Waals surface area contributed by atoms with E-state index in [0.717, 1.165) is 5.33 Å². The van der Waals surface area contributed by atoms with E-state index < -0.39 is 0 Å². The minimum Gasteiger partial charge on any atom is -0.0925 e. The van der Waals surface area contributed by atoms with Crippen molar-refractivity contribution in [3.05, 3.63) is 11.6 Å². The monoisotopic (exact) mass is 188 g/mol. The van der Waals surface area contributed by atoms with Gasteiger partial charge in [-0.2, -0.15) is 0 Å². The maximum Gasteiger partial charge on any atom is 0.00685 e. The summed E-state index contributed by atoms with van der Waals surface area (Å²) in [6.45, 7) is 0. The number of hydrogen-bond acceptors (Lipinski definition) is 0. The van der Waals surface area contributed by atoms with Gasteiger partial charge in [0, 0.05) is 5.33 Å². The standard InChI is InChI=1S/C8H13Br/c9-7-6-8-4-2-1-3-5-8/h4H,1-3,5-7H2. The van der Waals surface area contributed by atoms with Gasteiger partial charge in [0.25, 0.3) is 0 Å². The Hall–Kier alpha value is 0.220. The molecule has 0 atom stereocenters. The molecule has 0 fully saturated rings. The Morgan fingerprint density at radius 2 is 2.33 bits per heavy atom. The van der Waals surface area contributed by atoms with Crippen LogP contribution in [0.25, 0.3) is 0 Å². The van der Waals surface area contributed by atoms with Crippen molar-refractivity contribution >= 4 is 15.9 Å². The van der Waals surface area contributed by atoms with Crippen LogP contribution in [0, 0.1) is 0 Å². The van der Waals surface area contributed by atoms with Crippen LogP contribution in [0.1, 0.15) is 32.1 Å². The SMILES string of the molecule is BrCCC1=CCCCC1. The summed E-state index contributed by atoms with van der Waals surface area (Å²) in [7, 11) is 0. The van der Waals surface area contributed by atoms with Gasteiger partial charge in [0.05, 0.1) is 0 Å². The van der Waals surface area contributed by atoms with E-state index in [1.54, 1.807) is 5.57 Å². The fourth-order valence-corrected chi connectivity index (χ4v) is 1.76. The van der Waals surface area contributed by atoms with E-state index in [2.05, 4.69) is 22.0 Å². The molecule has 1 rings (SSSR count). The fourth-order valence-electron chi connectivity index (χ4n) is 1.25. The maximum atomic E-state index is 3.44. The first-order chi connectivity index (χ1) is 4.43. The lowest BCUT2D eigenvalue weighted by Crippen LogP contribution is -1.91. The van der Waals surface area contributed by atoms with Gasteiger partial charge in [-0.15, -0.1) is 0 Å². The highest BCUT2D eigenvalue weighted by molar-refractivity contribution is 9.09. The molecule has 0 saturated heterocycles. The highest BCUT2D eigenvalue weighted by Crippen LogP contribution is 2.20. The molecule has 52 valence electrons. The van der Waals surface area contributed by atoms with E-state index in [4.69, 9.17) is 0 Å². The van der Waals surface area contributed by atoms with E-state index >= 15 is 0 Å². The van der Waals surface area contributed by atoms with Crippen LogP contribution in [0.2, 0.25) is 0 Å². The topological polar surface area (TPSA) is 0 Å². The summed E-state index contributed by atoms with van der Waals surface area (Å²) in [6.07, 6.45) is 9.17. The van der Waals surface area contributed by atoms with Crippen molar-refractivity contribution in [3.63, 3.8) is 0 Å². The maximum absolute atomic E-state index is 3.44. The molecule has 0 heterocycles. The third kappa shape index (κ3) is 2.53. The van der Waals surface area contributed by atoms with Crippen LogP contribution in [-0.4, -0.2) is 5.33 Å². The summed E-state index contributed by atoms with van der Waals surface area (Å²) in [5.74, 6) is 0. The van der Waals surface area contributed by atoms with E-state index in [9.17, 15) is 0 Å². The molecule has 1 aliphatic carbocycles. The molecule has 1 aliphatic rings. The van der Waals surface area contributed by atoms with Crippen molar-refractivity contribution < 1.29 is 0 Å². The molecule has 9 heavy (non-hydrogen) atoms. The second-order valence-corrected chi connectivity index (χ2v) is 3.34. The van der Waals surface area contributed by atoms with E-state index in [1.807, 2.05) is 0 Å². The molecule has 0 bridgehead atoms. The predicted octanol–water partition coefficient (Wildman–Crippen LogP) is 3.27. The second kappa shape index (κ2) is 4.10. The third-order valence-electron chi connectivity index (χ3n) is 1.80.